The maximum atomic E-state index is 5.55. The molecule has 0 aromatic carbocycles. The summed E-state index contributed by atoms with van der Waals surface area (Å²) in [6.45, 7) is 4.88. The quantitative estimate of drug-likeness (QED) is 0.813. The van der Waals surface area contributed by atoms with Crippen LogP contribution in [-0.2, 0) is 13.1 Å². The van der Waals surface area contributed by atoms with Crippen LogP contribution in [0.5, 0.6) is 0 Å². The van der Waals surface area contributed by atoms with Crippen LogP contribution in [0.2, 0.25) is 0 Å². The van der Waals surface area contributed by atoms with Crippen LogP contribution >= 0.6 is 0 Å². The highest BCUT2D eigenvalue weighted by Gasteiger charge is 2.08. The zero-order valence-corrected chi connectivity index (χ0v) is 8.90. The molecule has 2 N–H and O–H groups in total. The molecule has 0 bridgehead atoms. The number of aromatic nitrogens is 3. The number of nitrogens with zero attached hydrogens (tertiary/aromatic N) is 3. The monoisotopic (exact) mass is 206 g/mol. The van der Waals surface area contributed by atoms with Crippen LogP contribution in [0.3, 0.4) is 0 Å². The summed E-state index contributed by atoms with van der Waals surface area (Å²) >= 11 is 0. The van der Waals surface area contributed by atoms with Crippen LogP contribution in [0.25, 0.3) is 0 Å². The Morgan fingerprint density at radius 3 is 2.87 bits per heavy atom. The summed E-state index contributed by atoms with van der Waals surface area (Å²) in [7, 11) is 0. The molecule has 0 aliphatic rings. The minimum atomic E-state index is 0.412. The van der Waals surface area contributed by atoms with Gasteiger partial charge < -0.3 is 10.2 Å². The first kappa shape index (κ1) is 9.92. The highest BCUT2D eigenvalue weighted by molar-refractivity contribution is 5.17. The molecule has 5 nitrogen and oxygen atoms in total. The number of rotatable bonds is 3. The Balaban J connectivity index is 2.25. The highest BCUT2D eigenvalue weighted by atomic mass is 16.3. The average Bonchev–Trinajstić information content (AvgIpc) is 2.74. The molecule has 15 heavy (non-hydrogen) atoms. The number of furan rings is 1. The van der Waals surface area contributed by atoms with Gasteiger partial charge in [0.05, 0.1) is 19.4 Å². The predicted molar refractivity (Wildman–Crippen MR) is 55.2 cm³/mol. The van der Waals surface area contributed by atoms with Crippen LogP contribution in [0.1, 0.15) is 23.0 Å². The van der Waals surface area contributed by atoms with E-state index in [0.29, 0.717) is 13.1 Å². The van der Waals surface area contributed by atoms with E-state index in [2.05, 4.69) is 10.1 Å². The third kappa shape index (κ3) is 1.92. The third-order valence-electron chi connectivity index (χ3n) is 2.31. The van der Waals surface area contributed by atoms with E-state index in [1.54, 1.807) is 6.26 Å². The molecule has 5 heteroatoms. The molecule has 0 saturated heterocycles. The van der Waals surface area contributed by atoms with Gasteiger partial charge >= 0.3 is 0 Å². The van der Waals surface area contributed by atoms with E-state index in [1.807, 2.05) is 24.6 Å². The summed E-state index contributed by atoms with van der Waals surface area (Å²) in [4.78, 5) is 4.24. The second-order valence-corrected chi connectivity index (χ2v) is 3.44. The second-order valence-electron chi connectivity index (χ2n) is 3.44. The molecule has 2 rings (SSSR count). The lowest BCUT2D eigenvalue weighted by molar-refractivity contribution is 0.502. The van der Waals surface area contributed by atoms with Gasteiger partial charge in [-0.2, -0.15) is 5.10 Å². The Hall–Kier alpha value is -1.62. The fourth-order valence-electron chi connectivity index (χ4n) is 1.56. The summed E-state index contributed by atoms with van der Waals surface area (Å²) < 4.78 is 7.09. The molecular weight excluding hydrogens is 192 g/mol. The minimum Gasteiger partial charge on any atom is -0.468 e. The molecule has 80 valence electrons. The number of hydrogen-bond donors (Lipinski definition) is 1. The van der Waals surface area contributed by atoms with Gasteiger partial charge in [-0.05, 0) is 19.9 Å². The van der Waals surface area contributed by atoms with Gasteiger partial charge in [0.25, 0.3) is 0 Å². The fourth-order valence-corrected chi connectivity index (χ4v) is 1.56. The average molecular weight is 206 g/mol. The molecule has 2 heterocycles. The normalized spacial score (nSPS) is 10.9. The Bertz CT molecular complexity index is 458. The molecule has 0 aliphatic carbocycles. The molecule has 0 atom stereocenters. The third-order valence-corrected chi connectivity index (χ3v) is 2.31. The molecule has 0 amide bonds. The molecule has 0 radical (unpaired) electrons. The molecule has 2 aromatic rings. The van der Waals surface area contributed by atoms with Crippen molar-refractivity contribution in [2.24, 2.45) is 5.73 Å². The van der Waals surface area contributed by atoms with Crippen molar-refractivity contribution >= 4 is 0 Å². The van der Waals surface area contributed by atoms with E-state index in [9.17, 15) is 0 Å². The standard InChI is InChI=1S/C10H14N4O/c1-7-12-8(2)14(13-7)6-9-3-4-15-10(9)5-11/h3-4H,5-6,11H2,1-2H3. The van der Waals surface area contributed by atoms with Gasteiger partial charge in [-0.25, -0.2) is 9.67 Å². The first-order chi connectivity index (χ1) is 7.20. The van der Waals surface area contributed by atoms with E-state index >= 15 is 0 Å². The van der Waals surface area contributed by atoms with E-state index in [-0.39, 0.29) is 0 Å². The molecule has 2 aromatic heterocycles. The van der Waals surface area contributed by atoms with Crippen LogP contribution < -0.4 is 5.73 Å². The number of nitrogens with two attached hydrogens (primary N) is 1. The summed E-state index contributed by atoms with van der Waals surface area (Å²) in [6.07, 6.45) is 1.65. The van der Waals surface area contributed by atoms with Crippen molar-refractivity contribution in [1.82, 2.24) is 14.8 Å². The molecule has 0 spiro atoms. The molecule has 0 unspecified atom stereocenters. The van der Waals surface area contributed by atoms with Gasteiger partial charge in [-0.3, -0.25) is 0 Å². The lowest BCUT2D eigenvalue weighted by Crippen LogP contribution is -2.07. The predicted octanol–water partition coefficient (Wildman–Crippen LogP) is 0.995. The Labute approximate surface area is 87.9 Å². The fraction of sp³-hybridized carbons (Fsp3) is 0.400. The van der Waals surface area contributed by atoms with Gasteiger partial charge in [0, 0.05) is 5.56 Å². The van der Waals surface area contributed by atoms with Gasteiger partial charge in [-0.15, -0.1) is 0 Å². The summed E-state index contributed by atoms with van der Waals surface area (Å²) in [6, 6.07) is 1.92. The largest absolute Gasteiger partial charge is 0.468 e. The Morgan fingerprint density at radius 1 is 1.47 bits per heavy atom. The lowest BCUT2D eigenvalue weighted by Gasteiger charge is -2.02. The van der Waals surface area contributed by atoms with Gasteiger partial charge in [0.2, 0.25) is 0 Å². The van der Waals surface area contributed by atoms with E-state index < -0.39 is 0 Å². The Morgan fingerprint density at radius 2 is 2.27 bits per heavy atom. The van der Waals surface area contributed by atoms with Crippen LogP contribution in [0.4, 0.5) is 0 Å². The van der Waals surface area contributed by atoms with Crippen molar-refractivity contribution in [2.75, 3.05) is 0 Å². The van der Waals surface area contributed by atoms with E-state index in [4.69, 9.17) is 10.2 Å². The highest BCUT2D eigenvalue weighted by Crippen LogP contribution is 2.11. The van der Waals surface area contributed by atoms with Crippen molar-refractivity contribution in [3.8, 4) is 0 Å². The summed E-state index contributed by atoms with van der Waals surface area (Å²) in [5.41, 5.74) is 6.61. The first-order valence-corrected chi connectivity index (χ1v) is 4.84. The summed E-state index contributed by atoms with van der Waals surface area (Å²) in [5.74, 6) is 2.49. The van der Waals surface area contributed by atoms with E-state index in [1.165, 1.54) is 0 Å². The summed E-state index contributed by atoms with van der Waals surface area (Å²) in [5, 5.41) is 4.28. The van der Waals surface area contributed by atoms with Gasteiger partial charge in [0.1, 0.15) is 17.4 Å². The van der Waals surface area contributed by atoms with Crippen LogP contribution in [-0.4, -0.2) is 14.8 Å². The maximum absolute atomic E-state index is 5.55. The van der Waals surface area contributed by atoms with Crippen molar-refractivity contribution < 1.29 is 4.42 Å². The zero-order valence-electron chi connectivity index (χ0n) is 8.90. The van der Waals surface area contributed by atoms with Crippen molar-refractivity contribution in [2.45, 2.75) is 26.9 Å². The first-order valence-electron chi connectivity index (χ1n) is 4.84. The molecule has 0 aliphatic heterocycles. The van der Waals surface area contributed by atoms with Gasteiger partial charge in [0.15, 0.2) is 0 Å². The van der Waals surface area contributed by atoms with Crippen LogP contribution in [0.15, 0.2) is 16.7 Å². The lowest BCUT2D eigenvalue weighted by atomic mass is 10.2. The second kappa shape index (κ2) is 3.86. The Kier molecular flexibility index (Phi) is 2.55. The van der Waals surface area contributed by atoms with E-state index in [0.717, 1.165) is 23.0 Å². The van der Waals surface area contributed by atoms with Crippen molar-refractivity contribution in [3.63, 3.8) is 0 Å². The minimum absolute atomic E-state index is 0.412. The SMILES string of the molecule is Cc1nc(C)n(Cc2ccoc2CN)n1. The molecule has 0 saturated carbocycles. The molecular formula is C10H14N4O. The number of aryl methyl sites for hydroxylation is 2. The van der Waals surface area contributed by atoms with Crippen LogP contribution in [0, 0.1) is 13.8 Å². The zero-order chi connectivity index (χ0) is 10.8. The van der Waals surface area contributed by atoms with Crippen molar-refractivity contribution in [1.29, 1.82) is 0 Å². The van der Waals surface area contributed by atoms with Crippen molar-refractivity contribution in [3.05, 3.63) is 35.3 Å². The van der Waals surface area contributed by atoms with Gasteiger partial charge in [-0.1, -0.05) is 0 Å². The molecule has 0 fully saturated rings. The maximum Gasteiger partial charge on any atom is 0.147 e. The topological polar surface area (TPSA) is 69.9 Å². The number of hydrogen-bond acceptors (Lipinski definition) is 4. The smallest absolute Gasteiger partial charge is 0.147 e.